The summed E-state index contributed by atoms with van der Waals surface area (Å²) in [6.07, 6.45) is 3.67. The standard InChI is InChI=1S/C13H12N4/c1-9-12(10-3-5-11(14)6-4-10)13-15-7-2-8-17(13)16-9/h2-8H,14H2,1H3. The van der Waals surface area contributed by atoms with E-state index >= 15 is 0 Å². The molecular weight excluding hydrogens is 212 g/mol. The predicted molar refractivity (Wildman–Crippen MR) is 67.6 cm³/mol. The smallest absolute Gasteiger partial charge is 0.163 e. The molecule has 0 aliphatic heterocycles. The summed E-state index contributed by atoms with van der Waals surface area (Å²) in [6, 6.07) is 9.64. The highest BCUT2D eigenvalue weighted by molar-refractivity contribution is 5.80. The van der Waals surface area contributed by atoms with Gasteiger partial charge in [0.15, 0.2) is 5.65 Å². The zero-order chi connectivity index (χ0) is 11.8. The Balaban J connectivity index is 2.29. The molecule has 0 aliphatic rings. The molecule has 0 saturated heterocycles. The van der Waals surface area contributed by atoms with Gasteiger partial charge in [0.1, 0.15) is 0 Å². The summed E-state index contributed by atoms with van der Waals surface area (Å²) in [5.74, 6) is 0. The molecule has 1 aromatic carbocycles. The first kappa shape index (κ1) is 9.84. The van der Waals surface area contributed by atoms with Crippen molar-refractivity contribution in [1.29, 1.82) is 0 Å². The summed E-state index contributed by atoms with van der Waals surface area (Å²) in [4.78, 5) is 4.37. The SMILES string of the molecule is Cc1nn2cccnc2c1-c1ccc(N)cc1. The molecule has 4 heteroatoms. The lowest BCUT2D eigenvalue weighted by atomic mass is 10.1. The van der Waals surface area contributed by atoms with E-state index in [-0.39, 0.29) is 0 Å². The van der Waals surface area contributed by atoms with Gasteiger partial charge in [-0.15, -0.1) is 0 Å². The number of nitrogens with zero attached hydrogens (tertiary/aromatic N) is 3. The normalized spacial score (nSPS) is 10.9. The minimum absolute atomic E-state index is 0.760. The van der Waals surface area contributed by atoms with Crippen LogP contribution in [0.4, 0.5) is 5.69 Å². The molecule has 0 spiro atoms. The average molecular weight is 224 g/mol. The third kappa shape index (κ3) is 1.54. The number of aryl methyl sites for hydroxylation is 1. The van der Waals surface area contributed by atoms with Crippen LogP contribution in [0.1, 0.15) is 5.69 Å². The van der Waals surface area contributed by atoms with Crippen LogP contribution >= 0.6 is 0 Å². The molecule has 4 nitrogen and oxygen atoms in total. The summed E-state index contributed by atoms with van der Waals surface area (Å²) < 4.78 is 1.79. The second-order valence-corrected chi connectivity index (χ2v) is 3.97. The van der Waals surface area contributed by atoms with Crippen molar-refractivity contribution in [3.63, 3.8) is 0 Å². The Kier molecular flexibility index (Phi) is 2.08. The maximum Gasteiger partial charge on any atom is 0.163 e. The second-order valence-electron chi connectivity index (χ2n) is 3.97. The van der Waals surface area contributed by atoms with Gasteiger partial charge in [0.05, 0.1) is 5.69 Å². The Morgan fingerprint density at radius 2 is 1.94 bits per heavy atom. The van der Waals surface area contributed by atoms with Gasteiger partial charge < -0.3 is 5.73 Å². The number of nitrogen functional groups attached to an aromatic ring is 1. The van der Waals surface area contributed by atoms with E-state index in [2.05, 4.69) is 10.1 Å². The molecule has 0 saturated carbocycles. The van der Waals surface area contributed by atoms with Crippen LogP contribution in [-0.2, 0) is 0 Å². The van der Waals surface area contributed by atoms with Gasteiger partial charge >= 0.3 is 0 Å². The molecular formula is C13H12N4. The fourth-order valence-electron chi connectivity index (χ4n) is 1.98. The van der Waals surface area contributed by atoms with Crippen LogP contribution in [0.3, 0.4) is 0 Å². The van der Waals surface area contributed by atoms with Crippen LogP contribution in [0.2, 0.25) is 0 Å². The van der Waals surface area contributed by atoms with E-state index in [0.717, 1.165) is 28.2 Å². The first-order chi connectivity index (χ1) is 8.25. The van der Waals surface area contributed by atoms with Gasteiger partial charge in [0, 0.05) is 23.6 Å². The first-order valence-corrected chi connectivity index (χ1v) is 5.41. The quantitative estimate of drug-likeness (QED) is 0.645. The van der Waals surface area contributed by atoms with Crippen molar-refractivity contribution in [3.05, 3.63) is 48.4 Å². The van der Waals surface area contributed by atoms with Gasteiger partial charge in [0.25, 0.3) is 0 Å². The lowest BCUT2D eigenvalue weighted by Crippen LogP contribution is -1.88. The molecule has 0 amide bonds. The van der Waals surface area contributed by atoms with Crippen LogP contribution in [0.15, 0.2) is 42.7 Å². The number of rotatable bonds is 1. The lowest BCUT2D eigenvalue weighted by Gasteiger charge is -2.00. The molecule has 0 unspecified atom stereocenters. The summed E-state index contributed by atoms with van der Waals surface area (Å²) in [5.41, 5.74) is 10.4. The lowest BCUT2D eigenvalue weighted by molar-refractivity contribution is 0.917. The van der Waals surface area contributed by atoms with Crippen molar-refractivity contribution in [3.8, 4) is 11.1 Å². The van der Waals surface area contributed by atoms with Crippen molar-refractivity contribution >= 4 is 11.3 Å². The van der Waals surface area contributed by atoms with Crippen LogP contribution < -0.4 is 5.73 Å². The molecule has 0 atom stereocenters. The Morgan fingerprint density at radius 3 is 2.71 bits per heavy atom. The zero-order valence-corrected chi connectivity index (χ0v) is 9.46. The maximum absolute atomic E-state index is 5.69. The van der Waals surface area contributed by atoms with Gasteiger partial charge in [-0.25, -0.2) is 9.50 Å². The van der Waals surface area contributed by atoms with E-state index in [1.165, 1.54) is 0 Å². The highest BCUT2D eigenvalue weighted by Crippen LogP contribution is 2.27. The van der Waals surface area contributed by atoms with Gasteiger partial charge in [-0.3, -0.25) is 0 Å². The summed E-state index contributed by atoms with van der Waals surface area (Å²) in [5, 5.41) is 4.43. The average Bonchev–Trinajstić information content (AvgIpc) is 2.66. The van der Waals surface area contributed by atoms with Crippen molar-refractivity contribution in [2.45, 2.75) is 6.92 Å². The van der Waals surface area contributed by atoms with Gasteiger partial charge in [-0.2, -0.15) is 5.10 Å². The van der Waals surface area contributed by atoms with E-state index in [9.17, 15) is 0 Å². The van der Waals surface area contributed by atoms with Crippen LogP contribution in [-0.4, -0.2) is 14.6 Å². The molecule has 0 radical (unpaired) electrons. The van der Waals surface area contributed by atoms with Crippen molar-refractivity contribution in [2.75, 3.05) is 5.73 Å². The van der Waals surface area contributed by atoms with Crippen molar-refractivity contribution in [1.82, 2.24) is 14.6 Å². The number of nitrogens with two attached hydrogens (primary N) is 1. The number of fused-ring (bicyclic) bond motifs is 1. The highest BCUT2D eigenvalue weighted by Gasteiger charge is 2.11. The third-order valence-corrected chi connectivity index (χ3v) is 2.77. The highest BCUT2D eigenvalue weighted by atomic mass is 15.2. The minimum Gasteiger partial charge on any atom is -0.399 e. The molecule has 0 bridgehead atoms. The number of anilines is 1. The minimum atomic E-state index is 0.760. The van der Waals surface area contributed by atoms with E-state index in [1.807, 2.05) is 43.5 Å². The fourth-order valence-corrected chi connectivity index (χ4v) is 1.98. The monoisotopic (exact) mass is 224 g/mol. The molecule has 2 aromatic heterocycles. The molecule has 84 valence electrons. The largest absolute Gasteiger partial charge is 0.399 e. The topological polar surface area (TPSA) is 56.2 Å². The second kappa shape index (κ2) is 3.59. The molecule has 3 rings (SSSR count). The third-order valence-electron chi connectivity index (χ3n) is 2.77. The Morgan fingerprint density at radius 1 is 1.18 bits per heavy atom. The number of hydrogen-bond acceptors (Lipinski definition) is 3. The Bertz CT molecular complexity index is 667. The number of benzene rings is 1. The van der Waals surface area contributed by atoms with Gasteiger partial charge in [-0.1, -0.05) is 12.1 Å². The Labute approximate surface area is 98.7 Å². The summed E-state index contributed by atoms with van der Waals surface area (Å²) >= 11 is 0. The molecule has 2 heterocycles. The van der Waals surface area contributed by atoms with Crippen LogP contribution in [0.5, 0.6) is 0 Å². The molecule has 17 heavy (non-hydrogen) atoms. The zero-order valence-electron chi connectivity index (χ0n) is 9.46. The summed E-state index contributed by atoms with van der Waals surface area (Å²) in [7, 11) is 0. The van der Waals surface area contributed by atoms with E-state index in [4.69, 9.17) is 5.73 Å². The number of aromatic nitrogens is 3. The van der Waals surface area contributed by atoms with Crippen LogP contribution in [0, 0.1) is 6.92 Å². The van der Waals surface area contributed by atoms with E-state index in [0.29, 0.717) is 0 Å². The molecule has 0 fully saturated rings. The van der Waals surface area contributed by atoms with E-state index < -0.39 is 0 Å². The fraction of sp³-hybridized carbons (Fsp3) is 0.0769. The van der Waals surface area contributed by atoms with Crippen LogP contribution in [0.25, 0.3) is 16.8 Å². The van der Waals surface area contributed by atoms with E-state index in [1.54, 1.807) is 10.7 Å². The van der Waals surface area contributed by atoms with Crippen molar-refractivity contribution < 1.29 is 0 Å². The van der Waals surface area contributed by atoms with Gasteiger partial charge in [-0.05, 0) is 30.7 Å². The predicted octanol–water partition coefficient (Wildman–Crippen LogP) is 2.29. The summed E-state index contributed by atoms with van der Waals surface area (Å²) in [6.45, 7) is 1.99. The number of hydrogen-bond donors (Lipinski definition) is 1. The first-order valence-electron chi connectivity index (χ1n) is 5.41. The maximum atomic E-state index is 5.69. The molecule has 2 N–H and O–H groups in total. The van der Waals surface area contributed by atoms with Gasteiger partial charge in [0.2, 0.25) is 0 Å². The van der Waals surface area contributed by atoms with Crippen molar-refractivity contribution in [2.24, 2.45) is 0 Å². The molecule has 3 aromatic rings. The molecule has 0 aliphatic carbocycles. The Hall–Kier alpha value is -2.36.